The third-order valence-corrected chi connectivity index (χ3v) is 5.92. The first-order valence-electron chi connectivity index (χ1n) is 10.1. The molecule has 0 unspecified atom stereocenters. The Hall–Kier alpha value is -4.18. The second-order valence-corrected chi connectivity index (χ2v) is 8.18. The molecule has 0 radical (unpaired) electrons. The maximum absolute atomic E-state index is 13.1. The molecular formula is C24H17FN4O4S. The molecule has 8 nitrogen and oxygen atoms in total. The van der Waals surface area contributed by atoms with Gasteiger partial charge in [0.05, 0.1) is 18.9 Å². The molecule has 0 aliphatic carbocycles. The van der Waals surface area contributed by atoms with Crippen molar-refractivity contribution in [2.75, 3.05) is 7.11 Å². The first-order valence-corrected chi connectivity index (χ1v) is 10.9. The predicted octanol–water partition coefficient (Wildman–Crippen LogP) is 4.67. The van der Waals surface area contributed by atoms with Crippen LogP contribution in [0.4, 0.5) is 4.39 Å². The number of hydrogen-bond acceptors (Lipinski definition) is 7. The fourth-order valence-electron chi connectivity index (χ4n) is 3.29. The van der Waals surface area contributed by atoms with E-state index in [9.17, 15) is 9.18 Å². The highest BCUT2D eigenvalue weighted by atomic mass is 32.2. The molecule has 2 aliphatic rings. The molecule has 5 rings (SSSR count). The molecule has 0 atom stereocenters. The Bertz CT molecular complexity index is 1360. The fourth-order valence-corrected chi connectivity index (χ4v) is 4.15. The molecule has 2 aromatic carbocycles. The molecule has 2 aliphatic heterocycles. The molecular weight excluding hydrogens is 459 g/mol. The normalized spacial score (nSPS) is 16.4. The van der Waals surface area contributed by atoms with Crippen molar-refractivity contribution in [3.05, 3.63) is 89.1 Å². The van der Waals surface area contributed by atoms with Gasteiger partial charge in [-0.2, -0.15) is 15.1 Å². The van der Waals surface area contributed by atoms with E-state index in [1.807, 2.05) is 0 Å². The molecule has 170 valence electrons. The number of aliphatic imine (C=N–C) groups is 1. The van der Waals surface area contributed by atoms with Crippen LogP contribution in [-0.2, 0) is 11.4 Å². The summed E-state index contributed by atoms with van der Waals surface area (Å²) in [5, 5.41) is 15.0. The molecule has 10 heteroatoms. The number of hydrogen-bond donors (Lipinski definition) is 1. The van der Waals surface area contributed by atoms with Crippen LogP contribution in [0.5, 0.6) is 11.5 Å². The number of nitrogens with zero attached hydrogens (tertiary/aromatic N) is 3. The van der Waals surface area contributed by atoms with E-state index in [1.165, 1.54) is 42.3 Å². The number of furan rings is 1. The number of carbonyl (C=O) groups is 1. The monoisotopic (exact) mass is 476 g/mol. The summed E-state index contributed by atoms with van der Waals surface area (Å²) in [6.45, 7) is 0.236. The second-order valence-electron chi connectivity index (χ2n) is 7.23. The SMILES string of the molecule is COc1cc(C=C2C(=N)N3N=C(c4ccco4)SC3=NC2=O)ccc1OCc1ccc(F)cc1. The van der Waals surface area contributed by atoms with Crippen LogP contribution >= 0.6 is 11.8 Å². The Morgan fingerprint density at radius 3 is 2.74 bits per heavy atom. The van der Waals surface area contributed by atoms with Crippen molar-refractivity contribution in [1.82, 2.24) is 5.01 Å². The average molecular weight is 476 g/mol. The van der Waals surface area contributed by atoms with Crippen LogP contribution in [0, 0.1) is 11.2 Å². The first-order chi connectivity index (χ1) is 16.5. The summed E-state index contributed by atoms with van der Waals surface area (Å²) in [7, 11) is 1.51. The summed E-state index contributed by atoms with van der Waals surface area (Å²) >= 11 is 1.17. The number of ether oxygens (including phenoxy) is 2. The molecule has 3 aromatic rings. The minimum atomic E-state index is -0.532. The maximum Gasteiger partial charge on any atom is 0.283 e. The number of halogens is 1. The number of rotatable bonds is 6. The zero-order chi connectivity index (χ0) is 23.7. The molecule has 1 amide bonds. The maximum atomic E-state index is 13.1. The van der Waals surface area contributed by atoms with E-state index >= 15 is 0 Å². The molecule has 0 bridgehead atoms. The molecule has 3 heterocycles. The fraction of sp³-hybridized carbons (Fsp3) is 0.0833. The van der Waals surface area contributed by atoms with Crippen molar-refractivity contribution in [3.63, 3.8) is 0 Å². The van der Waals surface area contributed by atoms with Gasteiger partial charge in [0.1, 0.15) is 12.4 Å². The number of amidine groups is 2. The quantitative estimate of drug-likeness (QED) is 0.519. The number of methoxy groups -OCH3 is 1. The van der Waals surface area contributed by atoms with Gasteiger partial charge in [0.2, 0.25) is 5.17 Å². The summed E-state index contributed by atoms with van der Waals surface area (Å²) < 4.78 is 29.7. The van der Waals surface area contributed by atoms with Gasteiger partial charge in [0.25, 0.3) is 5.91 Å². The van der Waals surface area contributed by atoms with Gasteiger partial charge in [-0.3, -0.25) is 10.2 Å². The minimum Gasteiger partial charge on any atom is -0.493 e. The largest absolute Gasteiger partial charge is 0.493 e. The van der Waals surface area contributed by atoms with Gasteiger partial charge < -0.3 is 13.9 Å². The Balaban J connectivity index is 1.37. The lowest BCUT2D eigenvalue weighted by Gasteiger charge is -2.20. The third kappa shape index (κ3) is 4.23. The van der Waals surface area contributed by atoms with Gasteiger partial charge in [0, 0.05) is 0 Å². The van der Waals surface area contributed by atoms with Crippen molar-refractivity contribution in [1.29, 1.82) is 5.41 Å². The van der Waals surface area contributed by atoms with Crippen LogP contribution in [0.1, 0.15) is 16.9 Å². The van der Waals surface area contributed by atoms with Crippen LogP contribution in [0.25, 0.3) is 6.08 Å². The van der Waals surface area contributed by atoms with E-state index in [2.05, 4.69) is 10.1 Å². The van der Waals surface area contributed by atoms with E-state index < -0.39 is 5.91 Å². The zero-order valence-corrected chi connectivity index (χ0v) is 18.6. The van der Waals surface area contributed by atoms with Crippen LogP contribution < -0.4 is 9.47 Å². The van der Waals surface area contributed by atoms with Crippen molar-refractivity contribution >= 4 is 39.8 Å². The molecule has 0 fully saturated rings. The van der Waals surface area contributed by atoms with Crippen molar-refractivity contribution in [2.24, 2.45) is 10.1 Å². The Morgan fingerprint density at radius 2 is 2.00 bits per heavy atom. The van der Waals surface area contributed by atoms with E-state index in [0.29, 0.717) is 33.0 Å². The van der Waals surface area contributed by atoms with E-state index in [1.54, 1.807) is 48.5 Å². The number of carbonyl (C=O) groups excluding carboxylic acids is 1. The molecule has 1 aromatic heterocycles. The second kappa shape index (κ2) is 8.99. The number of fused-ring (bicyclic) bond motifs is 1. The van der Waals surface area contributed by atoms with E-state index in [0.717, 1.165) is 5.56 Å². The molecule has 34 heavy (non-hydrogen) atoms. The number of benzene rings is 2. The first kappa shape index (κ1) is 21.7. The summed E-state index contributed by atoms with van der Waals surface area (Å²) in [4.78, 5) is 16.7. The lowest BCUT2D eigenvalue weighted by atomic mass is 10.1. The molecule has 0 spiro atoms. The van der Waals surface area contributed by atoms with E-state index in [4.69, 9.17) is 19.3 Å². The van der Waals surface area contributed by atoms with Gasteiger partial charge in [-0.25, -0.2) is 4.39 Å². The number of amides is 1. The van der Waals surface area contributed by atoms with Crippen LogP contribution in [0.15, 0.2) is 80.9 Å². The third-order valence-electron chi connectivity index (χ3n) is 4.99. The number of hydrazone groups is 1. The topological polar surface area (TPSA) is 100 Å². The predicted molar refractivity (Wildman–Crippen MR) is 127 cm³/mol. The highest BCUT2D eigenvalue weighted by molar-refractivity contribution is 8.27. The van der Waals surface area contributed by atoms with Gasteiger partial charge in [-0.15, -0.1) is 0 Å². The standard InChI is InChI=1S/C24H17FN4O4S/c1-31-20-12-15(6-9-18(20)33-13-14-4-7-16(25)8-5-14)11-17-21(26)29-24(27-22(17)30)34-23(28-29)19-3-2-10-32-19/h2-12,26H,13H2,1H3. The highest BCUT2D eigenvalue weighted by Gasteiger charge is 2.36. The van der Waals surface area contributed by atoms with Crippen LogP contribution in [-0.4, -0.2) is 34.1 Å². The van der Waals surface area contributed by atoms with Crippen molar-refractivity contribution in [2.45, 2.75) is 6.61 Å². The smallest absolute Gasteiger partial charge is 0.283 e. The highest BCUT2D eigenvalue weighted by Crippen LogP contribution is 2.33. The summed E-state index contributed by atoms with van der Waals surface area (Å²) in [5.41, 5.74) is 1.53. The van der Waals surface area contributed by atoms with Gasteiger partial charge in [-0.1, -0.05) is 18.2 Å². The summed E-state index contributed by atoms with van der Waals surface area (Å²) in [6.07, 6.45) is 3.09. The Kier molecular flexibility index (Phi) is 5.72. The Morgan fingerprint density at radius 1 is 1.18 bits per heavy atom. The number of nitrogens with one attached hydrogen (secondary N) is 1. The van der Waals surface area contributed by atoms with Gasteiger partial charge in [0.15, 0.2) is 28.1 Å². The van der Waals surface area contributed by atoms with Gasteiger partial charge >= 0.3 is 0 Å². The molecule has 0 saturated carbocycles. The Labute approximate surface area is 197 Å². The average Bonchev–Trinajstić information content (AvgIpc) is 3.52. The minimum absolute atomic E-state index is 0.0836. The van der Waals surface area contributed by atoms with E-state index in [-0.39, 0.29) is 23.8 Å². The van der Waals surface area contributed by atoms with Gasteiger partial charge in [-0.05, 0) is 65.4 Å². The van der Waals surface area contributed by atoms with Crippen LogP contribution in [0.3, 0.4) is 0 Å². The van der Waals surface area contributed by atoms with Crippen molar-refractivity contribution in [3.8, 4) is 11.5 Å². The molecule has 1 N–H and O–H groups in total. The lowest BCUT2D eigenvalue weighted by molar-refractivity contribution is -0.114. The summed E-state index contributed by atoms with van der Waals surface area (Å²) in [6, 6.07) is 14.7. The number of thioether (sulfide) groups is 1. The molecule has 0 saturated heterocycles. The zero-order valence-electron chi connectivity index (χ0n) is 17.8. The summed E-state index contributed by atoms with van der Waals surface area (Å²) in [5.74, 6) is 0.547. The lowest BCUT2D eigenvalue weighted by Crippen LogP contribution is -2.35. The van der Waals surface area contributed by atoms with Crippen molar-refractivity contribution < 1.29 is 23.1 Å². The van der Waals surface area contributed by atoms with Crippen LogP contribution in [0.2, 0.25) is 0 Å².